The van der Waals surface area contributed by atoms with Crippen LogP contribution in [0.15, 0.2) is 18.2 Å². The van der Waals surface area contributed by atoms with Crippen molar-refractivity contribution in [3.05, 3.63) is 28.8 Å². The van der Waals surface area contributed by atoms with E-state index in [1.807, 2.05) is 0 Å². The zero-order chi connectivity index (χ0) is 13.0. The molecule has 2 N–H and O–H groups in total. The van der Waals surface area contributed by atoms with E-state index in [1.165, 1.54) is 0 Å². The summed E-state index contributed by atoms with van der Waals surface area (Å²) in [6.07, 6.45) is 0.355. The number of piperazine rings is 1. The average molecular weight is 266 g/mol. The van der Waals surface area contributed by atoms with Gasteiger partial charge >= 0.3 is 0 Å². The first kappa shape index (κ1) is 13.2. The zero-order valence-electron chi connectivity index (χ0n) is 10.1. The third-order valence-corrected chi connectivity index (χ3v) is 3.46. The Labute approximate surface area is 112 Å². The highest BCUT2D eigenvalue weighted by Crippen LogP contribution is 2.33. The van der Waals surface area contributed by atoms with E-state index >= 15 is 0 Å². The highest BCUT2D eigenvalue weighted by atomic mass is 35.5. The number of aromatic hydroxyl groups is 1. The number of phenolic OH excluding ortho intramolecular Hbond substituents is 1. The summed E-state index contributed by atoms with van der Waals surface area (Å²) in [5.41, 5.74) is 0.742. The van der Waals surface area contributed by atoms with E-state index in [1.54, 1.807) is 18.2 Å². The second kappa shape index (κ2) is 6.05. The van der Waals surface area contributed by atoms with Crippen molar-refractivity contribution in [1.82, 2.24) is 10.2 Å². The second-order valence-electron chi connectivity index (χ2n) is 4.37. The standard InChI is InChI=1S/C13H16ClN3O/c14-10-1-2-13(18)11(9-10)12(3-4-15)17-7-5-16-6-8-17/h1-2,9,12,16,18H,3,5-8H2/t12-/m1/s1. The molecule has 5 heteroatoms. The van der Waals surface area contributed by atoms with Gasteiger partial charge in [0.25, 0.3) is 0 Å². The average Bonchev–Trinajstić information content (AvgIpc) is 2.40. The van der Waals surface area contributed by atoms with Crippen LogP contribution in [0.5, 0.6) is 5.75 Å². The Morgan fingerprint density at radius 1 is 1.44 bits per heavy atom. The van der Waals surface area contributed by atoms with Crippen molar-refractivity contribution in [3.8, 4) is 11.8 Å². The SMILES string of the molecule is N#CC[C@H](c1cc(Cl)ccc1O)N1CCNCC1. The number of benzene rings is 1. The molecular weight excluding hydrogens is 250 g/mol. The molecule has 0 amide bonds. The van der Waals surface area contributed by atoms with E-state index in [4.69, 9.17) is 16.9 Å². The van der Waals surface area contributed by atoms with Crippen molar-refractivity contribution in [3.63, 3.8) is 0 Å². The molecule has 96 valence electrons. The van der Waals surface area contributed by atoms with Gasteiger partial charge in [-0.3, -0.25) is 4.90 Å². The van der Waals surface area contributed by atoms with Crippen molar-refractivity contribution >= 4 is 11.6 Å². The molecule has 0 bridgehead atoms. The van der Waals surface area contributed by atoms with Crippen LogP contribution in [0.2, 0.25) is 5.02 Å². The fraction of sp³-hybridized carbons (Fsp3) is 0.462. The van der Waals surface area contributed by atoms with Crippen molar-refractivity contribution in [2.75, 3.05) is 26.2 Å². The Morgan fingerprint density at radius 2 is 2.17 bits per heavy atom. The van der Waals surface area contributed by atoms with E-state index in [0.717, 1.165) is 31.7 Å². The minimum Gasteiger partial charge on any atom is -0.508 e. The van der Waals surface area contributed by atoms with Gasteiger partial charge in [0, 0.05) is 36.8 Å². The van der Waals surface area contributed by atoms with Crippen LogP contribution in [0.25, 0.3) is 0 Å². The maximum absolute atomic E-state index is 9.95. The lowest BCUT2D eigenvalue weighted by Gasteiger charge is -2.34. The van der Waals surface area contributed by atoms with E-state index in [0.29, 0.717) is 11.4 Å². The van der Waals surface area contributed by atoms with Crippen molar-refractivity contribution in [1.29, 1.82) is 5.26 Å². The summed E-state index contributed by atoms with van der Waals surface area (Å²) in [5.74, 6) is 0.207. The van der Waals surface area contributed by atoms with E-state index in [2.05, 4.69) is 16.3 Å². The molecule has 1 atom stereocenters. The van der Waals surface area contributed by atoms with Crippen LogP contribution >= 0.6 is 11.6 Å². The predicted molar refractivity (Wildman–Crippen MR) is 70.5 cm³/mol. The van der Waals surface area contributed by atoms with Crippen LogP contribution in [0, 0.1) is 11.3 Å². The van der Waals surface area contributed by atoms with Gasteiger partial charge in [0.1, 0.15) is 5.75 Å². The molecular formula is C13H16ClN3O. The third-order valence-electron chi connectivity index (χ3n) is 3.23. The minimum absolute atomic E-state index is 0.0872. The van der Waals surface area contributed by atoms with Crippen molar-refractivity contribution in [2.24, 2.45) is 0 Å². The summed E-state index contributed by atoms with van der Waals surface area (Å²) >= 11 is 5.98. The Morgan fingerprint density at radius 3 is 2.83 bits per heavy atom. The first-order valence-electron chi connectivity index (χ1n) is 6.02. The summed E-state index contributed by atoms with van der Waals surface area (Å²) in [6.45, 7) is 3.56. The van der Waals surface area contributed by atoms with Crippen LogP contribution < -0.4 is 5.32 Å². The molecule has 1 aromatic rings. The molecule has 0 aliphatic carbocycles. The Kier molecular flexibility index (Phi) is 4.43. The van der Waals surface area contributed by atoms with Crippen LogP contribution in [0.3, 0.4) is 0 Å². The van der Waals surface area contributed by atoms with Gasteiger partial charge < -0.3 is 10.4 Å². The summed E-state index contributed by atoms with van der Waals surface area (Å²) in [6, 6.07) is 7.10. The monoisotopic (exact) mass is 265 g/mol. The lowest BCUT2D eigenvalue weighted by Crippen LogP contribution is -2.45. The first-order chi connectivity index (χ1) is 8.72. The number of rotatable bonds is 3. The van der Waals surface area contributed by atoms with Crippen LogP contribution in [0.1, 0.15) is 18.0 Å². The Balaban J connectivity index is 2.28. The highest BCUT2D eigenvalue weighted by Gasteiger charge is 2.24. The summed E-state index contributed by atoms with van der Waals surface area (Å²) in [4.78, 5) is 2.21. The molecule has 0 saturated carbocycles. The molecule has 1 heterocycles. The predicted octanol–water partition coefficient (Wildman–Crippen LogP) is 1.91. The minimum atomic E-state index is -0.0872. The number of hydrogen-bond acceptors (Lipinski definition) is 4. The summed E-state index contributed by atoms with van der Waals surface area (Å²) in [7, 11) is 0. The fourth-order valence-electron chi connectivity index (χ4n) is 2.31. The number of nitrogens with one attached hydrogen (secondary N) is 1. The van der Waals surface area contributed by atoms with Gasteiger partial charge in [0.05, 0.1) is 18.5 Å². The molecule has 1 saturated heterocycles. The molecule has 0 radical (unpaired) electrons. The molecule has 18 heavy (non-hydrogen) atoms. The maximum Gasteiger partial charge on any atom is 0.120 e. The molecule has 2 rings (SSSR count). The molecule has 1 aliphatic heterocycles. The third kappa shape index (κ3) is 2.94. The molecule has 1 aliphatic rings. The summed E-state index contributed by atoms with van der Waals surface area (Å²) < 4.78 is 0. The molecule has 0 unspecified atom stereocenters. The van der Waals surface area contributed by atoms with Gasteiger partial charge in [-0.2, -0.15) is 5.26 Å². The summed E-state index contributed by atoms with van der Waals surface area (Å²) in [5, 5.41) is 22.8. The number of nitriles is 1. The number of nitrogens with zero attached hydrogens (tertiary/aromatic N) is 2. The Hall–Kier alpha value is -1.28. The van der Waals surface area contributed by atoms with E-state index in [-0.39, 0.29) is 11.8 Å². The maximum atomic E-state index is 9.95. The number of hydrogen-bond donors (Lipinski definition) is 2. The van der Waals surface area contributed by atoms with Crippen LogP contribution in [-0.2, 0) is 0 Å². The quantitative estimate of drug-likeness (QED) is 0.877. The normalized spacial score (nSPS) is 18.2. The topological polar surface area (TPSA) is 59.3 Å². The Bertz CT molecular complexity index is 452. The smallest absolute Gasteiger partial charge is 0.120 e. The molecule has 4 nitrogen and oxygen atoms in total. The van der Waals surface area contributed by atoms with Gasteiger partial charge in [-0.15, -0.1) is 0 Å². The number of halogens is 1. The second-order valence-corrected chi connectivity index (χ2v) is 4.80. The van der Waals surface area contributed by atoms with Gasteiger partial charge in [-0.1, -0.05) is 11.6 Å². The molecule has 1 fully saturated rings. The van der Waals surface area contributed by atoms with Gasteiger partial charge in [-0.25, -0.2) is 0 Å². The van der Waals surface area contributed by atoms with Crippen molar-refractivity contribution < 1.29 is 5.11 Å². The van der Waals surface area contributed by atoms with Crippen LogP contribution in [0.4, 0.5) is 0 Å². The van der Waals surface area contributed by atoms with Gasteiger partial charge in [-0.05, 0) is 18.2 Å². The van der Waals surface area contributed by atoms with Crippen molar-refractivity contribution in [2.45, 2.75) is 12.5 Å². The van der Waals surface area contributed by atoms with E-state index in [9.17, 15) is 5.11 Å². The lowest BCUT2D eigenvalue weighted by molar-refractivity contribution is 0.173. The van der Waals surface area contributed by atoms with Gasteiger partial charge in [0.2, 0.25) is 0 Å². The first-order valence-corrected chi connectivity index (χ1v) is 6.40. The molecule has 1 aromatic carbocycles. The lowest BCUT2D eigenvalue weighted by atomic mass is 10.0. The largest absolute Gasteiger partial charge is 0.508 e. The highest BCUT2D eigenvalue weighted by molar-refractivity contribution is 6.30. The number of phenols is 1. The molecule has 0 aromatic heterocycles. The fourth-order valence-corrected chi connectivity index (χ4v) is 2.49. The van der Waals surface area contributed by atoms with Gasteiger partial charge in [0.15, 0.2) is 0 Å². The van der Waals surface area contributed by atoms with Crippen LogP contribution in [-0.4, -0.2) is 36.2 Å². The van der Waals surface area contributed by atoms with E-state index < -0.39 is 0 Å². The molecule has 0 spiro atoms. The zero-order valence-corrected chi connectivity index (χ0v) is 10.8.